The van der Waals surface area contributed by atoms with Crippen molar-refractivity contribution in [3.8, 4) is 0 Å². The van der Waals surface area contributed by atoms with Gasteiger partial charge in [-0.1, -0.05) is 56.0 Å². The van der Waals surface area contributed by atoms with Gasteiger partial charge in [-0.3, -0.25) is 9.88 Å². The molecule has 0 aliphatic heterocycles. The molecule has 0 aliphatic carbocycles. The zero-order chi connectivity index (χ0) is 22.1. The topological polar surface area (TPSA) is 43.2 Å². The number of nitrogens with zero attached hydrogens (tertiary/aromatic N) is 4. The van der Waals surface area contributed by atoms with Gasteiger partial charge in [-0.2, -0.15) is 0 Å². The van der Waals surface area contributed by atoms with E-state index in [-0.39, 0.29) is 6.04 Å². The summed E-state index contributed by atoms with van der Waals surface area (Å²) in [6.45, 7) is 12.6. The summed E-state index contributed by atoms with van der Waals surface area (Å²) in [5.74, 6) is 0. The molecule has 0 aliphatic rings. The molecular formula is C25H36N4OSi. The van der Waals surface area contributed by atoms with Crippen LogP contribution in [0.5, 0.6) is 0 Å². The minimum Gasteiger partial charge on any atom is -0.361 e. The van der Waals surface area contributed by atoms with E-state index in [0.29, 0.717) is 6.73 Å². The van der Waals surface area contributed by atoms with Crippen molar-refractivity contribution in [3.63, 3.8) is 0 Å². The summed E-state index contributed by atoms with van der Waals surface area (Å²) in [5, 5.41) is 0. The molecule has 1 unspecified atom stereocenters. The summed E-state index contributed by atoms with van der Waals surface area (Å²) in [5.41, 5.74) is 3.51. The highest BCUT2D eigenvalue weighted by Crippen LogP contribution is 2.21. The van der Waals surface area contributed by atoms with E-state index in [1.165, 1.54) is 11.6 Å². The largest absolute Gasteiger partial charge is 0.361 e. The molecule has 0 radical (unpaired) electrons. The monoisotopic (exact) mass is 436 g/mol. The van der Waals surface area contributed by atoms with E-state index < -0.39 is 8.07 Å². The number of ether oxygens (including phenoxy) is 1. The summed E-state index contributed by atoms with van der Waals surface area (Å²) in [4.78, 5) is 11.7. The maximum atomic E-state index is 5.85. The van der Waals surface area contributed by atoms with Crippen LogP contribution in [0.1, 0.15) is 29.9 Å². The van der Waals surface area contributed by atoms with E-state index >= 15 is 0 Å². The highest BCUT2D eigenvalue weighted by Gasteiger charge is 2.18. The fraction of sp³-hybridized carbons (Fsp3) is 0.440. The van der Waals surface area contributed by atoms with Gasteiger partial charge >= 0.3 is 0 Å². The first-order valence-corrected chi connectivity index (χ1v) is 14.9. The van der Waals surface area contributed by atoms with Gasteiger partial charge in [0.25, 0.3) is 0 Å². The first-order chi connectivity index (χ1) is 14.9. The summed E-state index contributed by atoms with van der Waals surface area (Å²) >= 11 is 0. The Bertz CT molecular complexity index is 893. The van der Waals surface area contributed by atoms with E-state index in [9.17, 15) is 0 Å². The molecular weight excluding hydrogens is 400 g/mol. The quantitative estimate of drug-likeness (QED) is 0.282. The molecule has 2 heterocycles. The second-order valence-corrected chi connectivity index (χ2v) is 15.0. The van der Waals surface area contributed by atoms with Crippen molar-refractivity contribution in [2.45, 2.75) is 58.3 Å². The minimum absolute atomic E-state index is 0.230. The molecule has 3 rings (SSSR count). The van der Waals surface area contributed by atoms with Gasteiger partial charge in [0.15, 0.2) is 0 Å². The molecule has 0 bridgehead atoms. The van der Waals surface area contributed by atoms with Crippen LogP contribution in [0.4, 0.5) is 0 Å². The average Bonchev–Trinajstić information content (AvgIpc) is 3.22. The van der Waals surface area contributed by atoms with Crippen molar-refractivity contribution >= 4 is 8.07 Å². The SMILES string of the molecule is CC(c1ccccn1)N(CCc1cn(COCC[Si](C)(C)C)cn1)Cc1ccccc1. The van der Waals surface area contributed by atoms with Crippen LogP contribution in [0, 0.1) is 0 Å². The van der Waals surface area contributed by atoms with Crippen molar-refractivity contribution in [1.82, 2.24) is 19.4 Å². The summed E-state index contributed by atoms with van der Waals surface area (Å²) < 4.78 is 7.89. The van der Waals surface area contributed by atoms with Crippen LogP contribution >= 0.6 is 0 Å². The van der Waals surface area contributed by atoms with E-state index in [4.69, 9.17) is 4.74 Å². The molecule has 5 nitrogen and oxygen atoms in total. The molecule has 0 saturated heterocycles. The van der Waals surface area contributed by atoms with Crippen molar-refractivity contribution in [3.05, 3.63) is 84.2 Å². The minimum atomic E-state index is -1.05. The fourth-order valence-corrected chi connectivity index (χ4v) is 4.21. The number of pyridine rings is 1. The van der Waals surface area contributed by atoms with Gasteiger partial charge in [-0.25, -0.2) is 4.98 Å². The molecule has 2 aromatic heterocycles. The Kier molecular flexibility index (Phi) is 8.57. The van der Waals surface area contributed by atoms with Gasteiger partial charge in [-0.15, -0.1) is 0 Å². The van der Waals surface area contributed by atoms with Crippen molar-refractivity contribution < 1.29 is 4.74 Å². The number of hydrogen-bond acceptors (Lipinski definition) is 4. The lowest BCUT2D eigenvalue weighted by Crippen LogP contribution is -2.29. The Labute approximate surface area is 188 Å². The predicted molar refractivity (Wildman–Crippen MR) is 130 cm³/mol. The van der Waals surface area contributed by atoms with Crippen molar-refractivity contribution in [1.29, 1.82) is 0 Å². The second-order valence-electron chi connectivity index (χ2n) is 9.36. The first-order valence-electron chi connectivity index (χ1n) is 11.2. The van der Waals surface area contributed by atoms with Gasteiger partial charge in [0.05, 0.1) is 17.7 Å². The highest BCUT2D eigenvalue weighted by atomic mass is 28.3. The number of hydrogen-bond donors (Lipinski definition) is 0. The normalized spacial score (nSPS) is 12.9. The van der Waals surface area contributed by atoms with E-state index in [0.717, 1.165) is 37.5 Å². The van der Waals surface area contributed by atoms with Crippen LogP contribution < -0.4 is 0 Å². The van der Waals surface area contributed by atoms with Crippen LogP contribution in [0.2, 0.25) is 25.7 Å². The summed E-state index contributed by atoms with van der Waals surface area (Å²) in [6, 6.07) is 18.2. The smallest absolute Gasteiger partial charge is 0.123 e. The Morgan fingerprint density at radius 3 is 2.52 bits per heavy atom. The molecule has 3 aromatic rings. The fourth-order valence-electron chi connectivity index (χ4n) is 3.45. The van der Waals surface area contributed by atoms with Crippen LogP contribution in [0.25, 0.3) is 0 Å². The molecule has 166 valence electrons. The standard InChI is InChI=1S/C25H36N4OSi/c1-22(25-12-8-9-14-26-25)29(18-23-10-6-5-7-11-23)15-13-24-19-28(20-27-24)21-30-16-17-31(2,3)4/h5-12,14,19-20,22H,13,15-18,21H2,1-4H3. The summed E-state index contributed by atoms with van der Waals surface area (Å²) in [6.07, 6.45) is 6.76. The Morgan fingerprint density at radius 1 is 1.03 bits per heavy atom. The molecule has 1 atom stereocenters. The third-order valence-electron chi connectivity index (χ3n) is 5.47. The molecule has 0 saturated carbocycles. The molecule has 0 spiro atoms. The zero-order valence-electron chi connectivity index (χ0n) is 19.4. The lowest BCUT2D eigenvalue weighted by atomic mass is 10.1. The van der Waals surface area contributed by atoms with Gasteiger partial charge in [-0.05, 0) is 30.7 Å². The predicted octanol–water partition coefficient (Wildman–Crippen LogP) is 5.40. The van der Waals surface area contributed by atoms with Crippen LogP contribution in [0.15, 0.2) is 67.3 Å². The molecule has 0 fully saturated rings. The molecule has 31 heavy (non-hydrogen) atoms. The van der Waals surface area contributed by atoms with E-state index in [2.05, 4.69) is 90.1 Å². The Balaban J connectivity index is 1.58. The highest BCUT2D eigenvalue weighted by molar-refractivity contribution is 6.76. The van der Waals surface area contributed by atoms with Crippen LogP contribution in [0.3, 0.4) is 0 Å². The third-order valence-corrected chi connectivity index (χ3v) is 7.17. The van der Waals surface area contributed by atoms with Crippen LogP contribution in [-0.4, -0.2) is 40.7 Å². The maximum absolute atomic E-state index is 5.85. The lowest BCUT2D eigenvalue weighted by Gasteiger charge is -2.28. The molecule has 1 aromatic carbocycles. The van der Waals surface area contributed by atoms with E-state index in [1.54, 1.807) is 0 Å². The molecule has 0 N–H and O–H groups in total. The lowest BCUT2D eigenvalue weighted by molar-refractivity contribution is 0.0871. The Morgan fingerprint density at radius 2 is 1.81 bits per heavy atom. The molecule has 0 amide bonds. The third kappa shape index (κ3) is 8.05. The van der Waals surface area contributed by atoms with Gasteiger partial charge in [0.2, 0.25) is 0 Å². The number of benzene rings is 1. The van der Waals surface area contributed by atoms with Crippen molar-refractivity contribution in [2.24, 2.45) is 0 Å². The zero-order valence-corrected chi connectivity index (χ0v) is 20.4. The van der Waals surface area contributed by atoms with Crippen LogP contribution in [-0.2, 0) is 24.4 Å². The Hall–Kier alpha value is -2.28. The summed E-state index contributed by atoms with van der Waals surface area (Å²) in [7, 11) is -1.05. The molecule has 6 heteroatoms. The number of imidazole rings is 1. The van der Waals surface area contributed by atoms with Crippen molar-refractivity contribution in [2.75, 3.05) is 13.2 Å². The number of aromatic nitrogens is 3. The van der Waals surface area contributed by atoms with Gasteiger partial charge < -0.3 is 9.30 Å². The van der Waals surface area contributed by atoms with E-state index in [1.807, 2.05) is 23.2 Å². The van der Waals surface area contributed by atoms with Gasteiger partial charge in [0, 0.05) is 52.6 Å². The maximum Gasteiger partial charge on any atom is 0.123 e. The van der Waals surface area contributed by atoms with Gasteiger partial charge in [0.1, 0.15) is 6.73 Å². The number of rotatable bonds is 12. The second kappa shape index (κ2) is 11.4. The average molecular weight is 437 g/mol. The first kappa shape index (κ1) is 23.4.